The molecule has 114 valence electrons. The fourth-order valence-electron chi connectivity index (χ4n) is 3.40. The van der Waals surface area contributed by atoms with Crippen LogP contribution in [0, 0.1) is 0 Å². The first-order valence-electron chi connectivity index (χ1n) is 7.33. The normalized spacial score (nSPS) is 20.6. The van der Waals surface area contributed by atoms with Gasteiger partial charge in [-0.1, -0.05) is 54.6 Å². The molecule has 0 saturated heterocycles. The molecular formula is C19H21NOS. The van der Waals surface area contributed by atoms with Crippen molar-refractivity contribution in [1.82, 2.24) is 4.90 Å². The predicted molar refractivity (Wildman–Crippen MR) is 95.6 cm³/mol. The minimum Gasteiger partial charge on any atom is -0.355 e. The van der Waals surface area contributed by atoms with Crippen LogP contribution in [0.1, 0.15) is 16.7 Å². The third-order valence-electron chi connectivity index (χ3n) is 4.29. The molecule has 2 aromatic carbocycles. The van der Waals surface area contributed by atoms with Crippen molar-refractivity contribution in [3.8, 4) is 0 Å². The Kier molecular flexibility index (Phi) is 4.13. The molecule has 1 aliphatic rings. The first kappa shape index (κ1) is 15.3. The van der Waals surface area contributed by atoms with Gasteiger partial charge in [-0.25, -0.2) is 0 Å². The molecule has 0 heterocycles. The first-order chi connectivity index (χ1) is 10.7. The number of hydrogen-bond donors (Lipinski definition) is 0. The Labute approximate surface area is 136 Å². The summed E-state index contributed by atoms with van der Waals surface area (Å²) < 4.78 is 6.14. The standard InChI is InChI=1S/C19H21NOS/c1-20(2)19(21-3)16-13-9-8-12-15(16)18(22-4)17(19)14-10-6-5-7-11-14/h5-13H,1-4H3. The van der Waals surface area contributed by atoms with E-state index in [0.717, 1.165) is 0 Å². The summed E-state index contributed by atoms with van der Waals surface area (Å²) in [5, 5.41) is 0. The lowest BCUT2D eigenvalue weighted by Gasteiger charge is -2.38. The molecule has 3 rings (SSSR count). The minimum absolute atomic E-state index is 0.545. The minimum atomic E-state index is -0.545. The van der Waals surface area contributed by atoms with Crippen LogP contribution in [0.15, 0.2) is 54.6 Å². The maximum Gasteiger partial charge on any atom is 0.175 e. The molecule has 0 aromatic heterocycles. The van der Waals surface area contributed by atoms with Crippen molar-refractivity contribution >= 4 is 22.2 Å². The zero-order valence-corrected chi connectivity index (χ0v) is 14.3. The van der Waals surface area contributed by atoms with Crippen LogP contribution in [0.5, 0.6) is 0 Å². The number of fused-ring (bicyclic) bond motifs is 1. The lowest BCUT2D eigenvalue weighted by Crippen LogP contribution is -2.43. The number of rotatable bonds is 4. The summed E-state index contributed by atoms with van der Waals surface area (Å²) in [6, 6.07) is 19.1. The molecule has 0 amide bonds. The number of nitrogens with zero attached hydrogens (tertiary/aromatic N) is 1. The predicted octanol–water partition coefficient (Wildman–Crippen LogP) is 4.29. The van der Waals surface area contributed by atoms with E-state index in [2.05, 4.69) is 79.8 Å². The second-order valence-electron chi connectivity index (χ2n) is 5.56. The summed E-state index contributed by atoms with van der Waals surface area (Å²) in [5.41, 5.74) is 4.37. The van der Waals surface area contributed by atoms with Crippen LogP contribution in [0.3, 0.4) is 0 Å². The van der Waals surface area contributed by atoms with Crippen molar-refractivity contribution in [2.75, 3.05) is 27.5 Å². The maximum absolute atomic E-state index is 6.14. The molecule has 0 saturated carbocycles. The molecule has 0 spiro atoms. The maximum atomic E-state index is 6.14. The van der Waals surface area contributed by atoms with Crippen molar-refractivity contribution in [3.05, 3.63) is 71.3 Å². The SMILES string of the molecule is COC1(N(C)C)C(c2ccccc2)=C(SC)c2ccccc21. The third kappa shape index (κ3) is 2.04. The van der Waals surface area contributed by atoms with Gasteiger partial charge in [0.2, 0.25) is 0 Å². The van der Waals surface area contributed by atoms with Crippen LogP contribution >= 0.6 is 11.8 Å². The molecule has 22 heavy (non-hydrogen) atoms. The molecule has 2 aromatic rings. The summed E-state index contributed by atoms with van der Waals surface area (Å²) in [6.45, 7) is 0. The highest BCUT2D eigenvalue weighted by molar-refractivity contribution is 8.08. The molecule has 1 aliphatic carbocycles. The van der Waals surface area contributed by atoms with Crippen LogP contribution in [0.25, 0.3) is 10.5 Å². The molecular weight excluding hydrogens is 290 g/mol. The van der Waals surface area contributed by atoms with Crippen molar-refractivity contribution in [1.29, 1.82) is 0 Å². The van der Waals surface area contributed by atoms with Gasteiger partial charge in [-0.15, -0.1) is 11.8 Å². The van der Waals surface area contributed by atoms with Gasteiger partial charge in [0.15, 0.2) is 5.72 Å². The molecule has 3 heteroatoms. The fourth-order valence-corrected chi connectivity index (χ4v) is 4.26. The number of likely N-dealkylation sites (N-methyl/N-ethyl adjacent to an activating group) is 1. The third-order valence-corrected chi connectivity index (χ3v) is 5.13. The summed E-state index contributed by atoms with van der Waals surface area (Å²) in [6.07, 6.45) is 2.14. The highest BCUT2D eigenvalue weighted by Crippen LogP contribution is 2.55. The molecule has 2 nitrogen and oxygen atoms in total. The Morgan fingerprint density at radius 3 is 2.18 bits per heavy atom. The van der Waals surface area contributed by atoms with Gasteiger partial charge >= 0.3 is 0 Å². The van der Waals surface area contributed by atoms with Crippen molar-refractivity contribution in [3.63, 3.8) is 0 Å². The van der Waals surface area contributed by atoms with E-state index in [4.69, 9.17) is 4.74 Å². The van der Waals surface area contributed by atoms with Gasteiger partial charge in [-0.3, -0.25) is 4.90 Å². The van der Waals surface area contributed by atoms with Crippen molar-refractivity contribution in [2.24, 2.45) is 0 Å². The van der Waals surface area contributed by atoms with Crippen molar-refractivity contribution in [2.45, 2.75) is 5.72 Å². The van der Waals surface area contributed by atoms with Gasteiger partial charge in [-0.05, 0) is 31.5 Å². The number of thioether (sulfide) groups is 1. The molecule has 0 bridgehead atoms. The quantitative estimate of drug-likeness (QED) is 0.782. The van der Waals surface area contributed by atoms with Crippen LogP contribution in [0.2, 0.25) is 0 Å². The lowest BCUT2D eigenvalue weighted by molar-refractivity contribution is -0.0689. The Morgan fingerprint density at radius 1 is 0.955 bits per heavy atom. The molecule has 0 aliphatic heterocycles. The van der Waals surface area contributed by atoms with Crippen LogP contribution in [-0.2, 0) is 10.5 Å². The molecule has 0 fully saturated rings. The van der Waals surface area contributed by atoms with Crippen LogP contribution in [0.4, 0.5) is 0 Å². The van der Waals surface area contributed by atoms with Gasteiger partial charge in [-0.2, -0.15) is 0 Å². The van der Waals surface area contributed by atoms with E-state index < -0.39 is 5.72 Å². The number of benzene rings is 2. The van der Waals surface area contributed by atoms with Crippen molar-refractivity contribution < 1.29 is 4.74 Å². The van der Waals surface area contributed by atoms with Crippen LogP contribution < -0.4 is 0 Å². The van der Waals surface area contributed by atoms with Gasteiger partial charge in [0.25, 0.3) is 0 Å². The summed E-state index contributed by atoms with van der Waals surface area (Å²) in [4.78, 5) is 3.45. The van der Waals surface area contributed by atoms with E-state index >= 15 is 0 Å². The number of ether oxygens (including phenoxy) is 1. The summed E-state index contributed by atoms with van der Waals surface area (Å²) >= 11 is 1.79. The Bertz CT molecular complexity index is 708. The summed E-state index contributed by atoms with van der Waals surface area (Å²) in [5.74, 6) is 0. The Balaban J connectivity index is 2.37. The zero-order chi connectivity index (χ0) is 15.7. The first-order valence-corrected chi connectivity index (χ1v) is 8.56. The zero-order valence-electron chi connectivity index (χ0n) is 13.5. The Morgan fingerprint density at radius 2 is 1.59 bits per heavy atom. The second-order valence-corrected chi connectivity index (χ2v) is 6.38. The van der Waals surface area contributed by atoms with E-state index in [9.17, 15) is 0 Å². The monoisotopic (exact) mass is 311 g/mol. The van der Waals surface area contributed by atoms with Gasteiger partial charge in [0.05, 0.1) is 0 Å². The largest absolute Gasteiger partial charge is 0.355 e. The highest BCUT2D eigenvalue weighted by atomic mass is 32.2. The van der Waals surface area contributed by atoms with Gasteiger partial charge in [0.1, 0.15) is 0 Å². The molecule has 1 unspecified atom stereocenters. The fraction of sp³-hybridized carbons (Fsp3) is 0.263. The summed E-state index contributed by atoms with van der Waals surface area (Å²) in [7, 11) is 5.95. The van der Waals surface area contributed by atoms with E-state index in [1.807, 2.05) is 0 Å². The van der Waals surface area contributed by atoms with E-state index in [0.29, 0.717) is 0 Å². The van der Waals surface area contributed by atoms with Crippen LogP contribution in [-0.4, -0.2) is 32.4 Å². The smallest absolute Gasteiger partial charge is 0.175 e. The Hall–Kier alpha value is -1.55. The average molecular weight is 311 g/mol. The topological polar surface area (TPSA) is 12.5 Å². The molecule has 0 N–H and O–H groups in total. The van der Waals surface area contributed by atoms with Gasteiger partial charge in [0, 0.05) is 23.2 Å². The van der Waals surface area contributed by atoms with Gasteiger partial charge < -0.3 is 4.74 Å². The lowest BCUT2D eigenvalue weighted by atomic mass is 9.93. The second kappa shape index (κ2) is 5.92. The number of hydrogen-bond acceptors (Lipinski definition) is 3. The van der Waals surface area contributed by atoms with E-state index in [1.54, 1.807) is 18.9 Å². The number of methoxy groups -OCH3 is 1. The van der Waals surface area contributed by atoms with E-state index in [1.165, 1.54) is 27.2 Å². The molecule has 1 atom stereocenters. The average Bonchev–Trinajstić information content (AvgIpc) is 2.86. The molecule has 0 radical (unpaired) electrons. The van der Waals surface area contributed by atoms with E-state index in [-0.39, 0.29) is 0 Å². The highest BCUT2D eigenvalue weighted by Gasteiger charge is 2.47.